The predicted octanol–water partition coefficient (Wildman–Crippen LogP) is 2.76. The highest BCUT2D eigenvalue weighted by Gasteiger charge is 2.30. The molecule has 3 heterocycles. The summed E-state index contributed by atoms with van der Waals surface area (Å²) < 4.78 is 5.35. The molecule has 2 fully saturated rings. The Hall–Kier alpha value is -1.24. The Balaban J connectivity index is 1.28. The third-order valence-electron chi connectivity index (χ3n) is 4.43. The van der Waals surface area contributed by atoms with Crippen LogP contribution in [-0.4, -0.2) is 34.2 Å². The van der Waals surface area contributed by atoms with Crippen LogP contribution in [-0.2, 0) is 13.1 Å². The van der Waals surface area contributed by atoms with E-state index in [1.165, 1.54) is 30.6 Å². The maximum Gasteiger partial charge on any atom is 0.229 e. The number of nitrogens with zero attached hydrogens (tertiary/aromatic N) is 3. The Morgan fingerprint density at radius 2 is 2.32 bits per heavy atom. The Morgan fingerprint density at radius 1 is 1.36 bits per heavy atom. The molecular weight excluding hydrogens is 296 g/mol. The molecule has 0 radical (unpaired) electrons. The van der Waals surface area contributed by atoms with E-state index in [0.717, 1.165) is 37.9 Å². The first-order valence-corrected chi connectivity index (χ1v) is 9.05. The Bertz CT molecular complexity index is 593. The van der Waals surface area contributed by atoms with E-state index in [1.54, 1.807) is 0 Å². The van der Waals surface area contributed by atoms with Crippen LogP contribution in [0.15, 0.2) is 22.0 Å². The number of rotatable bonds is 6. The second-order valence-corrected chi connectivity index (χ2v) is 7.39. The lowest BCUT2D eigenvalue weighted by Crippen LogP contribution is -2.45. The first kappa shape index (κ1) is 14.4. The van der Waals surface area contributed by atoms with Crippen molar-refractivity contribution in [3.05, 3.63) is 34.1 Å². The van der Waals surface area contributed by atoms with Crippen LogP contribution < -0.4 is 5.32 Å². The van der Waals surface area contributed by atoms with Gasteiger partial charge in [0.1, 0.15) is 0 Å². The number of thiophene rings is 1. The van der Waals surface area contributed by atoms with Crippen LogP contribution in [0.4, 0.5) is 0 Å². The molecule has 1 N–H and O–H groups in total. The topological polar surface area (TPSA) is 54.2 Å². The number of hydrogen-bond acceptors (Lipinski definition) is 6. The van der Waals surface area contributed by atoms with Gasteiger partial charge >= 0.3 is 0 Å². The summed E-state index contributed by atoms with van der Waals surface area (Å²) in [5.41, 5.74) is 0. The van der Waals surface area contributed by atoms with Gasteiger partial charge in [0.15, 0.2) is 5.82 Å². The van der Waals surface area contributed by atoms with E-state index < -0.39 is 0 Å². The van der Waals surface area contributed by atoms with Gasteiger partial charge in [0.25, 0.3) is 0 Å². The van der Waals surface area contributed by atoms with E-state index in [9.17, 15) is 0 Å². The fraction of sp³-hybridized carbons (Fsp3) is 0.625. The van der Waals surface area contributed by atoms with Crippen LogP contribution in [0.25, 0.3) is 0 Å². The molecule has 6 heteroatoms. The molecule has 1 atom stereocenters. The molecule has 0 unspecified atom stereocenters. The van der Waals surface area contributed by atoms with Crippen molar-refractivity contribution in [2.75, 3.05) is 13.1 Å². The zero-order valence-corrected chi connectivity index (χ0v) is 13.5. The highest BCUT2D eigenvalue weighted by Crippen LogP contribution is 2.38. The van der Waals surface area contributed by atoms with Crippen molar-refractivity contribution < 1.29 is 4.52 Å². The number of nitrogens with one attached hydrogen (secondary N) is 1. The van der Waals surface area contributed by atoms with Crippen molar-refractivity contribution in [3.8, 4) is 0 Å². The molecule has 1 aliphatic carbocycles. The third-order valence-corrected chi connectivity index (χ3v) is 5.30. The quantitative estimate of drug-likeness (QED) is 0.887. The van der Waals surface area contributed by atoms with Gasteiger partial charge in [-0.3, -0.25) is 4.90 Å². The first-order valence-electron chi connectivity index (χ1n) is 8.17. The minimum Gasteiger partial charge on any atom is -0.339 e. The molecular formula is C16H22N4OS. The van der Waals surface area contributed by atoms with Crippen molar-refractivity contribution in [2.45, 2.75) is 50.7 Å². The molecule has 1 aliphatic heterocycles. The fourth-order valence-corrected chi connectivity index (χ4v) is 3.71. The molecule has 2 aromatic heterocycles. The van der Waals surface area contributed by atoms with E-state index in [0.29, 0.717) is 12.0 Å². The lowest BCUT2D eigenvalue weighted by Gasteiger charge is -2.32. The van der Waals surface area contributed by atoms with E-state index >= 15 is 0 Å². The first-order chi connectivity index (χ1) is 10.9. The Kier molecular flexibility index (Phi) is 4.23. The summed E-state index contributed by atoms with van der Waals surface area (Å²) >= 11 is 1.82. The van der Waals surface area contributed by atoms with Crippen molar-refractivity contribution >= 4 is 11.3 Å². The standard InChI is InChI=1S/C16H22N4OS/c1-3-13(17-9-14-4-2-8-22-14)10-20(7-1)11-15-18-16(21-19-15)12-5-6-12/h2,4,8,12-13,17H,1,3,5-7,9-11H2/t13-/m1/s1. The smallest absolute Gasteiger partial charge is 0.229 e. The van der Waals surface area contributed by atoms with E-state index in [-0.39, 0.29) is 0 Å². The molecule has 0 amide bonds. The number of likely N-dealkylation sites (tertiary alicyclic amines) is 1. The summed E-state index contributed by atoms with van der Waals surface area (Å²) in [5.74, 6) is 2.24. The van der Waals surface area contributed by atoms with Gasteiger partial charge in [0.05, 0.1) is 6.54 Å². The van der Waals surface area contributed by atoms with Gasteiger partial charge in [0, 0.05) is 29.9 Å². The minimum absolute atomic E-state index is 0.544. The monoisotopic (exact) mass is 318 g/mol. The average molecular weight is 318 g/mol. The summed E-state index contributed by atoms with van der Waals surface area (Å²) in [7, 11) is 0. The summed E-state index contributed by atoms with van der Waals surface area (Å²) in [5, 5.41) is 9.95. The molecule has 5 nitrogen and oxygen atoms in total. The maximum absolute atomic E-state index is 5.35. The number of hydrogen-bond donors (Lipinski definition) is 1. The van der Waals surface area contributed by atoms with Crippen molar-refractivity contribution in [1.82, 2.24) is 20.4 Å². The van der Waals surface area contributed by atoms with Crippen molar-refractivity contribution in [1.29, 1.82) is 0 Å². The van der Waals surface area contributed by atoms with Gasteiger partial charge in [-0.25, -0.2) is 0 Å². The molecule has 2 aromatic rings. The molecule has 118 valence electrons. The van der Waals surface area contributed by atoms with Crippen LogP contribution in [0.5, 0.6) is 0 Å². The molecule has 22 heavy (non-hydrogen) atoms. The van der Waals surface area contributed by atoms with E-state index in [1.807, 2.05) is 11.3 Å². The molecule has 2 aliphatic rings. The van der Waals surface area contributed by atoms with Crippen LogP contribution in [0.3, 0.4) is 0 Å². The van der Waals surface area contributed by atoms with Crippen LogP contribution in [0, 0.1) is 0 Å². The SMILES string of the molecule is c1csc(CN[C@@H]2CCCN(Cc3noc(C4CC4)n3)C2)c1. The van der Waals surface area contributed by atoms with Crippen molar-refractivity contribution in [3.63, 3.8) is 0 Å². The molecule has 4 rings (SSSR count). The van der Waals surface area contributed by atoms with Gasteiger partial charge in [-0.15, -0.1) is 11.3 Å². The predicted molar refractivity (Wildman–Crippen MR) is 85.7 cm³/mol. The van der Waals surface area contributed by atoms with E-state index in [4.69, 9.17) is 4.52 Å². The van der Waals surface area contributed by atoms with Gasteiger partial charge in [-0.05, 0) is 43.7 Å². The summed E-state index contributed by atoms with van der Waals surface area (Å²) in [6.07, 6.45) is 4.90. The lowest BCUT2D eigenvalue weighted by atomic mass is 10.1. The van der Waals surface area contributed by atoms with Gasteiger partial charge in [0.2, 0.25) is 5.89 Å². The van der Waals surface area contributed by atoms with Crippen molar-refractivity contribution in [2.24, 2.45) is 0 Å². The Morgan fingerprint density at radius 3 is 3.14 bits per heavy atom. The molecule has 1 saturated heterocycles. The minimum atomic E-state index is 0.544. The normalized spacial score (nSPS) is 23.0. The molecule has 0 aromatic carbocycles. The second kappa shape index (κ2) is 6.48. The average Bonchev–Trinajstić information content (AvgIpc) is 3.06. The third kappa shape index (κ3) is 3.56. The lowest BCUT2D eigenvalue weighted by molar-refractivity contribution is 0.177. The van der Waals surface area contributed by atoms with Gasteiger partial charge in [-0.2, -0.15) is 4.98 Å². The van der Waals surface area contributed by atoms with Crippen LogP contribution in [0.1, 0.15) is 48.2 Å². The highest BCUT2D eigenvalue weighted by molar-refractivity contribution is 7.09. The number of aromatic nitrogens is 2. The number of piperidine rings is 1. The zero-order chi connectivity index (χ0) is 14.8. The molecule has 0 bridgehead atoms. The Labute approximate surface area is 134 Å². The molecule has 0 spiro atoms. The van der Waals surface area contributed by atoms with Crippen LogP contribution >= 0.6 is 11.3 Å². The fourth-order valence-electron chi connectivity index (χ4n) is 3.05. The van der Waals surface area contributed by atoms with E-state index in [2.05, 4.69) is 37.9 Å². The summed E-state index contributed by atoms with van der Waals surface area (Å²) in [4.78, 5) is 8.39. The maximum atomic E-state index is 5.35. The largest absolute Gasteiger partial charge is 0.339 e. The molecule has 1 saturated carbocycles. The zero-order valence-electron chi connectivity index (χ0n) is 12.7. The summed E-state index contributed by atoms with van der Waals surface area (Å²) in [6.45, 7) is 3.99. The van der Waals surface area contributed by atoms with Crippen LogP contribution in [0.2, 0.25) is 0 Å². The highest BCUT2D eigenvalue weighted by atomic mass is 32.1. The second-order valence-electron chi connectivity index (χ2n) is 6.36. The summed E-state index contributed by atoms with van der Waals surface area (Å²) in [6, 6.07) is 4.87. The van der Waals surface area contributed by atoms with Gasteiger partial charge in [-0.1, -0.05) is 11.2 Å². The van der Waals surface area contributed by atoms with Gasteiger partial charge < -0.3 is 9.84 Å².